The van der Waals surface area contributed by atoms with E-state index in [0.717, 1.165) is 18.7 Å². The highest BCUT2D eigenvalue weighted by atomic mass is 16.5. The standard InChI is InChI=1S/C15H24N2O2/c1-3-4-5-6-7-8-10-16-13-9-11-17-14(12-13)15(18)19-2/h9,11-12H,3-8,10H2,1-2H3,(H,16,17). The van der Waals surface area contributed by atoms with Gasteiger partial charge in [0.05, 0.1) is 7.11 Å². The average molecular weight is 264 g/mol. The predicted octanol–water partition coefficient (Wildman–Crippen LogP) is 3.64. The van der Waals surface area contributed by atoms with E-state index >= 15 is 0 Å². The number of hydrogen-bond acceptors (Lipinski definition) is 4. The quantitative estimate of drug-likeness (QED) is 0.546. The molecule has 106 valence electrons. The first-order valence-corrected chi connectivity index (χ1v) is 7.06. The van der Waals surface area contributed by atoms with Crippen molar-refractivity contribution in [3.63, 3.8) is 0 Å². The zero-order chi connectivity index (χ0) is 13.9. The molecular formula is C15H24N2O2. The van der Waals surface area contributed by atoms with E-state index in [1.807, 2.05) is 6.07 Å². The molecule has 19 heavy (non-hydrogen) atoms. The molecule has 0 radical (unpaired) electrons. The number of methoxy groups -OCH3 is 1. The number of nitrogens with zero attached hydrogens (tertiary/aromatic N) is 1. The molecule has 0 bridgehead atoms. The summed E-state index contributed by atoms with van der Waals surface area (Å²) in [6.45, 7) is 3.15. The summed E-state index contributed by atoms with van der Waals surface area (Å²) in [5.41, 5.74) is 1.26. The molecule has 0 aliphatic rings. The molecule has 1 N–H and O–H groups in total. The molecule has 0 amide bonds. The second-order valence-electron chi connectivity index (χ2n) is 4.62. The van der Waals surface area contributed by atoms with Gasteiger partial charge in [-0.3, -0.25) is 0 Å². The SMILES string of the molecule is CCCCCCCCNc1ccnc(C(=O)OC)c1. The number of rotatable bonds is 9. The lowest BCUT2D eigenvalue weighted by Gasteiger charge is -2.07. The van der Waals surface area contributed by atoms with Gasteiger partial charge in [0.1, 0.15) is 5.69 Å². The topological polar surface area (TPSA) is 51.2 Å². The summed E-state index contributed by atoms with van der Waals surface area (Å²) in [5, 5.41) is 3.31. The van der Waals surface area contributed by atoms with Crippen LogP contribution in [0.1, 0.15) is 55.9 Å². The van der Waals surface area contributed by atoms with Gasteiger partial charge in [0.25, 0.3) is 0 Å². The van der Waals surface area contributed by atoms with E-state index in [1.165, 1.54) is 39.2 Å². The number of pyridine rings is 1. The summed E-state index contributed by atoms with van der Waals surface area (Å²) in [5.74, 6) is -0.400. The van der Waals surface area contributed by atoms with Crippen molar-refractivity contribution in [2.45, 2.75) is 45.4 Å². The van der Waals surface area contributed by atoms with Gasteiger partial charge in [-0.2, -0.15) is 0 Å². The van der Waals surface area contributed by atoms with Crippen molar-refractivity contribution in [2.24, 2.45) is 0 Å². The van der Waals surface area contributed by atoms with Crippen LogP contribution in [0.15, 0.2) is 18.3 Å². The molecule has 0 aliphatic carbocycles. The lowest BCUT2D eigenvalue weighted by atomic mass is 10.1. The summed E-state index contributed by atoms with van der Waals surface area (Å²) >= 11 is 0. The van der Waals surface area contributed by atoms with Crippen LogP contribution >= 0.6 is 0 Å². The van der Waals surface area contributed by atoms with Gasteiger partial charge in [0, 0.05) is 18.4 Å². The van der Waals surface area contributed by atoms with E-state index in [-0.39, 0.29) is 0 Å². The Kier molecular flexibility index (Phi) is 7.63. The van der Waals surface area contributed by atoms with Crippen LogP contribution in [-0.2, 0) is 4.74 Å². The Labute approximate surface area is 115 Å². The van der Waals surface area contributed by atoms with Crippen LogP contribution in [0.4, 0.5) is 5.69 Å². The van der Waals surface area contributed by atoms with Crippen LogP contribution in [-0.4, -0.2) is 24.6 Å². The Morgan fingerprint density at radius 1 is 1.26 bits per heavy atom. The molecule has 0 aromatic carbocycles. The Hall–Kier alpha value is -1.58. The number of nitrogens with one attached hydrogen (secondary N) is 1. The summed E-state index contributed by atoms with van der Waals surface area (Å²) < 4.78 is 4.64. The Bertz CT molecular complexity index is 380. The molecule has 1 aromatic rings. The van der Waals surface area contributed by atoms with E-state index in [1.54, 1.807) is 12.3 Å². The Balaban J connectivity index is 2.24. The molecule has 1 rings (SSSR count). The first-order chi connectivity index (χ1) is 9.27. The molecule has 0 fully saturated rings. The third-order valence-electron chi connectivity index (χ3n) is 3.01. The second kappa shape index (κ2) is 9.36. The van der Waals surface area contributed by atoms with Crippen molar-refractivity contribution >= 4 is 11.7 Å². The number of carbonyl (C=O) groups is 1. The van der Waals surface area contributed by atoms with Crippen molar-refractivity contribution in [3.05, 3.63) is 24.0 Å². The van der Waals surface area contributed by atoms with Gasteiger partial charge in [0.2, 0.25) is 0 Å². The van der Waals surface area contributed by atoms with Crippen LogP contribution < -0.4 is 5.32 Å². The highest BCUT2D eigenvalue weighted by Gasteiger charge is 2.06. The molecule has 1 aromatic heterocycles. The normalized spacial score (nSPS) is 10.2. The average Bonchev–Trinajstić information content (AvgIpc) is 2.46. The Morgan fingerprint density at radius 3 is 2.74 bits per heavy atom. The van der Waals surface area contributed by atoms with Crippen LogP contribution in [0.2, 0.25) is 0 Å². The van der Waals surface area contributed by atoms with Crippen molar-refractivity contribution in [3.8, 4) is 0 Å². The van der Waals surface area contributed by atoms with E-state index in [9.17, 15) is 4.79 Å². The van der Waals surface area contributed by atoms with E-state index in [2.05, 4.69) is 22.0 Å². The second-order valence-corrected chi connectivity index (χ2v) is 4.62. The maximum atomic E-state index is 11.3. The minimum absolute atomic E-state index is 0.343. The summed E-state index contributed by atoms with van der Waals surface area (Å²) in [6, 6.07) is 3.59. The molecule has 4 heteroatoms. The highest BCUT2D eigenvalue weighted by Crippen LogP contribution is 2.10. The number of hydrogen-bond donors (Lipinski definition) is 1. The number of unbranched alkanes of at least 4 members (excludes halogenated alkanes) is 5. The maximum absolute atomic E-state index is 11.3. The number of esters is 1. The molecule has 0 unspecified atom stereocenters. The molecule has 0 spiro atoms. The molecule has 0 atom stereocenters. The zero-order valence-corrected chi connectivity index (χ0v) is 11.9. The number of carbonyl (C=O) groups excluding carboxylic acids is 1. The fourth-order valence-corrected chi connectivity index (χ4v) is 1.89. The maximum Gasteiger partial charge on any atom is 0.356 e. The fourth-order valence-electron chi connectivity index (χ4n) is 1.89. The van der Waals surface area contributed by atoms with Crippen molar-refractivity contribution in [1.29, 1.82) is 0 Å². The third kappa shape index (κ3) is 6.22. The summed E-state index contributed by atoms with van der Waals surface area (Å²) in [7, 11) is 1.36. The fraction of sp³-hybridized carbons (Fsp3) is 0.600. The van der Waals surface area contributed by atoms with Crippen LogP contribution in [0.5, 0.6) is 0 Å². The summed E-state index contributed by atoms with van der Waals surface area (Å²) in [4.78, 5) is 15.3. The number of anilines is 1. The van der Waals surface area contributed by atoms with Gasteiger partial charge in [-0.25, -0.2) is 9.78 Å². The van der Waals surface area contributed by atoms with E-state index in [4.69, 9.17) is 0 Å². The molecule has 1 heterocycles. The molecule has 0 saturated heterocycles. The van der Waals surface area contributed by atoms with Crippen LogP contribution in [0, 0.1) is 0 Å². The Morgan fingerprint density at radius 2 is 2.00 bits per heavy atom. The van der Waals surface area contributed by atoms with E-state index in [0.29, 0.717) is 5.69 Å². The van der Waals surface area contributed by atoms with Gasteiger partial charge in [-0.15, -0.1) is 0 Å². The molecule has 0 aliphatic heterocycles. The molecule has 0 saturated carbocycles. The van der Waals surface area contributed by atoms with Gasteiger partial charge in [0.15, 0.2) is 0 Å². The van der Waals surface area contributed by atoms with Crippen LogP contribution in [0.3, 0.4) is 0 Å². The monoisotopic (exact) mass is 264 g/mol. The number of ether oxygens (including phenoxy) is 1. The van der Waals surface area contributed by atoms with Crippen LogP contribution in [0.25, 0.3) is 0 Å². The largest absolute Gasteiger partial charge is 0.464 e. The molecular weight excluding hydrogens is 240 g/mol. The third-order valence-corrected chi connectivity index (χ3v) is 3.01. The van der Waals surface area contributed by atoms with Crippen molar-refractivity contribution in [1.82, 2.24) is 4.98 Å². The van der Waals surface area contributed by atoms with Gasteiger partial charge < -0.3 is 10.1 Å². The first kappa shape index (κ1) is 15.5. The number of aromatic nitrogens is 1. The van der Waals surface area contributed by atoms with E-state index < -0.39 is 5.97 Å². The van der Waals surface area contributed by atoms with Gasteiger partial charge >= 0.3 is 5.97 Å². The molecule has 4 nitrogen and oxygen atoms in total. The lowest BCUT2D eigenvalue weighted by Crippen LogP contribution is -2.06. The first-order valence-electron chi connectivity index (χ1n) is 7.06. The zero-order valence-electron chi connectivity index (χ0n) is 11.9. The predicted molar refractivity (Wildman–Crippen MR) is 77.4 cm³/mol. The van der Waals surface area contributed by atoms with Crippen molar-refractivity contribution < 1.29 is 9.53 Å². The van der Waals surface area contributed by atoms with Gasteiger partial charge in [-0.1, -0.05) is 39.0 Å². The van der Waals surface area contributed by atoms with Crippen molar-refractivity contribution in [2.75, 3.05) is 19.0 Å². The lowest BCUT2D eigenvalue weighted by molar-refractivity contribution is 0.0594. The smallest absolute Gasteiger partial charge is 0.356 e. The van der Waals surface area contributed by atoms with Gasteiger partial charge in [-0.05, 0) is 18.6 Å². The minimum atomic E-state index is -0.400. The minimum Gasteiger partial charge on any atom is -0.464 e. The summed E-state index contributed by atoms with van der Waals surface area (Å²) in [6.07, 6.45) is 9.28. The highest BCUT2D eigenvalue weighted by molar-refractivity contribution is 5.88.